The minimum atomic E-state index is -0.156. The largest absolute Gasteiger partial charge is 0.273 e. The Balaban J connectivity index is 2.01. The minimum absolute atomic E-state index is 0.156. The summed E-state index contributed by atoms with van der Waals surface area (Å²) in [6.07, 6.45) is 0.322. The molecule has 0 unspecified atom stereocenters. The van der Waals surface area contributed by atoms with Crippen molar-refractivity contribution in [3.8, 4) is 0 Å². The summed E-state index contributed by atoms with van der Waals surface area (Å²) in [4.78, 5) is 12.7. The van der Waals surface area contributed by atoms with Crippen LogP contribution in [0, 0.1) is 0 Å². The first kappa shape index (κ1) is 15.0. The molecule has 0 bridgehead atoms. The topological polar surface area (TPSA) is 41.5 Å². The SMILES string of the molecule is C/C(=N/NC(=O)Cc1cccs1)c1ccc(Cl)cc1Cl. The second-order valence-electron chi connectivity index (χ2n) is 4.11. The molecular formula is C14H12Cl2N2OS. The second-order valence-corrected chi connectivity index (χ2v) is 5.99. The molecule has 0 spiro atoms. The van der Waals surface area contributed by atoms with Crippen LogP contribution in [0.5, 0.6) is 0 Å². The van der Waals surface area contributed by atoms with Crippen LogP contribution >= 0.6 is 34.5 Å². The highest BCUT2D eigenvalue weighted by Gasteiger charge is 2.06. The molecule has 0 atom stereocenters. The Hall–Kier alpha value is -1.36. The number of benzene rings is 1. The second kappa shape index (κ2) is 6.88. The van der Waals surface area contributed by atoms with Crippen molar-refractivity contribution in [2.24, 2.45) is 5.10 Å². The van der Waals surface area contributed by atoms with Gasteiger partial charge >= 0.3 is 0 Å². The summed E-state index contributed by atoms with van der Waals surface area (Å²) < 4.78 is 0. The van der Waals surface area contributed by atoms with Crippen LogP contribution in [0.4, 0.5) is 0 Å². The molecule has 6 heteroatoms. The molecule has 0 aliphatic heterocycles. The van der Waals surface area contributed by atoms with E-state index in [0.29, 0.717) is 22.2 Å². The first-order chi connectivity index (χ1) is 9.56. The maximum atomic E-state index is 11.7. The molecular weight excluding hydrogens is 315 g/mol. The van der Waals surface area contributed by atoms with E-state index in [0.717, 1.165) is 10.4 Å². The van der Waals surface area contributed by atoms with E-state index in [4.69, 9.17) is 23.2 Å². The van der Waals surface area contributed by atoms with Crippen LogP contribution < -0.4 is 5.43 Å². The number of thiophene rings is 1. The predicted octanol–water partition coefficient (Wildman–Crippen LogP) is 4.14. The van der Waals surface area contributed by atoms with E-state index >= 15 is 0 Å². The highest BCUT2D eigenvalue weighted by atomic mass is 35.5. The fourth-order valence-corrected chi connectivity index (χ4v) is 2.85. The van der Waals surface area contributed by atoms with Crippen LogP contribution in [0.2, 0.25) is 10.0 Å². The van der Waals surface area contributed by atoms with Crippen LogP contribution in [0.1, 0.15) is 17.4 Å². The molecule has 2 rings (SSSR count). The number of halogens is 2. The fraction of sp³-hybridized carbons (Fsp3) is 0.143. The van der Waals surface area contributed by atoms with Crippen molar-refractivity contribution < 1.29 is 4.79 Å². The molecule has 3 nitrogen and oxygen atoms in total. The van der Waals surface area contributed by atoms with Crippen molar-refractivity contribution in [2.75, 3.05) is 0 Å². The van der Waals surface area contributed by atoms with Gasteiger partial charge in [-0.3, -0.25) is 4.79 Å². The Morgan fingerprint density at radius 2 is 2.15 bits per heavy atom. The highest BCUT2D eigenvalue weighted by molar-refractivity contribution is 7.10. The van der Waals surface area contributed by atoms with Gasteiger partial charge in [-0.1, -0.05) is 35.3 Å². The zero-order chi connectivity index (χ0) is 14.5. The van der Waals surface area contributed by atoms with Crippen LogP contribution in [0.3, 0.4) is 0 Å². The van der Waals surface area contributed by atoms with Crippen molar-refractivity contribution in [2.45, 2.75) is 13.3 Å². The van der Waals surface area contributed by atoms with Gasteiger partial charge in [0, 0.05) is 15.5 Å². The number of amides is 1. The van der Waals surface area contributed by atoms with E-state index in [1.807, 2.05) is 17.5 Å². The van der Waals surface area contributed by atoms with Crippen LogP contribution in [0.25, 0.3) is 0 Å². The number of nitrogens with one attached hydrogen (secondary N) is 1. The molecule has 1 aromatic heterocycles. The Bertz CT molecular complexity index is 639. The third-order valence-corrected chi connectivity index (χ3v) is 4.01. The molecule has 1 heterocycles. The number of nitrogens with zero attached hydrogens (tertiary/aromatic N) is 1. The molecule has 0 aliphatic carbocycles. The predicted molar refractivity (Wildman–Crippen MR) is 84.8 cm³/mol. The summed E-state index contributed by atoms with van der Waals surface area (Å²) in [5.74, 6) is -0.156. The minimum Gasteiger partial charge on any atom is -0.273 e. The average molecular weight is 327 g/mol. The number of rotatable bonds is 4. The van der Waals surface area contributed by atoms with Crippen molar-refractivity contribution in [3.05, 3.63) is 56.2 Å². The van der Waals surface area contributed by atoms with E-state index in [-0.39, 0.29) is 5.91 Å². The molecule has 0 aliphatic rings. The third-order valence-electron chi connectivity index (χ3n) is 2.58. The Labute approximate surface area is 131 Å². The van der Waals surface area contributed by atoms with Gasteiger partial charge in [-0.2, -0.15) is 5.10 Å². The first-order valence-electron chi connectivity index (χ1n) is 5.87. The van der Waals surface area contributed by atoms with Gasteiger partial charge in [0.15, 0.2) is 0 Å². The van der Waals surface area contributed by atoms with Crippen LogP contribution in [-0.2, 0) is 11.2 Å². The average Bonchev–Trinajstić information content (AvgIpc) is 2.89. The van der Waals surface area contributed by atoms with Crippen molar-refractivity contribution in [3.63, 3.8) is 0 Å². The molecule has 0 saturated carbocycles. The number of carbonyl (C=O) groups excluding carboxylic acids is 1. The third kappa shape index (κ3) is 4.07. The first-order valence-corrected chi connectivity index (χ1v) is 7.51. The molecule has 0 saturated heterocycles. The van der Waals surface area contributed by atoms with Gasteiger partial charge in [-0.05, 0) is 30.5 Å². The number of hydrogen-bond acceptors (Lipinski definition) is 3. The lowest BCUT2D eigenvalue weighted by atomic mass is 10.1. The van der Waals surface area contributed by atoms with Crippen molar-refractivity contribution in [1.82, 2.24) is 5.43 Å². The molecule has 1 aromatic carbocycles. The molecule has 20 heavy (non-hydrogen) atoms. The monoisotopic (exact) mass is 326 g/mol. The number of carbonyl (C=O) groups is 1. The maximum Gasteiger partial charge on any atom is 0.245 e. The summed E-state index contributed by atoms with van der Waals surface area (Å²) in [7, 11) is 0. The van der Waals surface area contributed by atoms with Crippen LogP contribution in [0.15, 0.2) is 40.8 Å². The number of hydrogen-bond donors (Lipinski definition) is 1. The van der Waals surface area contributed by atoms with Gasteiger partial charge in [0.1, 0.15) is 0 Å². The van der Waals surface area contributed by atoms with E-state index in [2.05, 4.69) is 10.5 Å². The molecule has 1 amide bonds. The zero-order valence-electron chi connectivity index (χ0n) is 10.7. The Kier molecular flexibility index (Phi) is 5.17. The van der Waals surface area contributed by atoms with Crippen molar-refractivity contribution in [1.29, 1.82) is 0 Å². The standard InChI is InChI=1S/C14H12Cl2N2OS/c1-9(12-5-4-10(15)7-13(12)16)17-18-14(19)8-11-3-2-6-20-11/h2-7H,8H2,1H3,(H,18,19)/b17-9-. The van der Waals surface area contributed by atoms with Crippen molar-refractivity contribution >= 4 is 46.2 Å². The van der Waals surface area contributed by atoms with Gasteiger partial charge in [0.2, 0.25) is 5.91 Å². The van der Waals surface area contributed by atoms with Gasteiger partial charge < -0.3 is 0 Å². The fourth-order valence-electron chi connectivity index (χ4n) is 1.60. The molecule has 1 N–H and O–H groups in total. The lowest BCUT2D eigenvalue weighted by Gasteiger charge is -2.05. The summed E-state index contributed by atoms with van der Waals surface area (Å²) in [5.41, 5.74) is 3.90. The van der Waals surface area contributed by atoms with E-state index in [1.165, 1.54) is 0 Å². The maximum absolute atomic E-state index is 11.7. The van der Waals surface area contributed by atoms with Gasteiger partial charge in [-0.25, -0.2) is 5.43 Å². The van der Waals surface area contributed by atoms with Gasteiger partial charge in [0.05, 0.1) is 17.2 Å². The summed E-state index contributed by atoms with van der Waals surface area (Å²) >= 11 is 13.5. The normalized spacial score (nSPS) is 11.4. The van der Waals surface area contributed by atoms with Gasteiger partial charge in [-0.15, -0.1) is 11.3 Å². The summed E-state index contributed by atoms with van der Waals surface area (Å²) in [6.45, 7) is 1.78. The molecule has 0 fully saturated rings. The number of hydrazone groups is 1. The lowest BCUT2D eigenvalue weighted by molar-refractivity contribution is -0.120. The zero-order valence-corrected chi connectivity index (χ0v) is 13.0. The Morgan fingerprint density at radius 3 is 2.80 bits per heavy atom. The smallest absolute Gasteiger partial charge is 0.245 e. The quantitative estimate of drug-likeness (QED) is 0.665. The summed E-state index contributed by atoms with van der Waals surface area (Å²) in [5, 5.41) is 7.06. The van der Waals surface area contributed by atoms with Crippen LogP contribution in [-0.4, -0.2) is 11.6 Å². The van der Waals surface area contributed by atoms with E-state index in [1.54, 1.807) is 36.5 Å². The Morgan fingerprint density at radius 1 is 1.35 bits per heavy atom. The van der Waals surface area contributed by atoms with E-state index in [9.17, 15) is 4.79 Å². The van der Waals surface area contributed by atoms with Gasteiger partial charge in [0.25, 0.3) is 0 Å². The molecule has 2 aromatic rings. The van der Waals surface area contributed by atoms with E-state index < -0.39 is 0 Å². The highest BCUT2D eigenvalue weighted by Crippen LogP contribution is 2.21. The molecule has 104 valence electrons. The molecule has 0 radical (unpaired) electrons. The summed E-state index contributed by atoms with van der Waals surface area (Å²) in [6, 6.07) is 8.97. The lowest BCUT2D eigenvalue weighted by Crippen LogP contribution is -2.20.